The van der Waals surface area contributed by atoms with Crippen molar-refractivity contribution in [2.24, 2.45) is 0 Å². The van der Waals surface area contributed by atoms with Gasteiger partial charge in [-0.3, -0.25) is 0 Å². The van der Waals surface area contributed by atoms with Crippen LogP contribution in [0, 0.1) is 5.82 Å². The van der Waals surface area contributed by atoms with Crippen molar-refractivity contribution in [1.82, 2.24) is 0 Å². The molecule has 1 rings (SSSR count). The highest BCUT2D eigenvalue weighted by molar-refractivity contribution is 5.88. The Kier molecular flexibility index (Phi) is 5.58. The lowest BCUT2D eigenvalue weighted by Crippen LogP contribution is -2.25. The summed E-state index contributed by atoms with van der Waals surface area (Å²) in [5.41, 5.74) is 0.243. The number of aromatic carboxylic acids is 1. The third-order valence-electron chi connectivity index (χ3n) is 2.58. The van der Waals surface area contributed by atoms with Crippen LogP contribution in [0.2, 0.25) is 0 Å². The summed E-state index contributed by atoms with van der Waals surface area (Å²) in [6.07, 6.45) is 1.81. The molecule has 0 spiro atoms. The van der Waals surface area contributed by atoms with Crippen molar-refractivity contribution in [1.29, 1.82) is 0 Å². The van der Waals surface area contributed by atoms with Gasteiger partial charge < -0.3 is 15.2 Å². The molecule has 0 aliphatic heterocycles. The number of ether oxygens (including phenoxy) is 1. The van der Waals surface area contributed by atoms with E-state index in [1.807, 2.05) is 6.92 Å². The standard InChI is InChI=1S/C13H18FNO3/c1-3-4-10(8-18-2)15-12-6-5-9(13(16)17)7-11(12)14/h5-7,10,15H,3-4,8H2,1-2H3,(H,16,17). The van der Waals surface area contributed by atoms with E-state index < -0.39 is 11.8 Å². The summed E-state index contributed by atoms with van der Waals surface area (Å²) in [6, 6.07) is 3.85. The Morgan fingerprint density at radius 3 is 2.78 bits per heavy atom. The second-order valence-electron chi connectivity index (χ2n) is 4.09. The number of hydrogen-bond donors (Lipinski definition) is 2. The molecular formula is C13H18FNO3. The van der Waals surface area contributed by atoms with Gasteiger partial charge in [0.2, 0.25) is 0 Å². The van der Waals surface area contributed by atoms with E-state index in [4.69, 9.17) is 9.84 Å². The van der Waals surface area contributed by atoms with Crippen molar-refractivity contribution in [3.05, 3.63) is 29.6 Å². The molecule has 0 heterocycles. The zero-order chi connectivity index (χ0) is 13.5. The second kappa shape index (κ2) is 6.96. The van der Waals surface area contributed by atoms with Crippen LogP contribution in [0.3, 0.4) is 0 Å². The van der Waals surface area contributed by atoms with Gasteiger partial charge in [0.05, 0.1) is 17.9 Å². The molecule has 0 fully saturated rings. The minimum Gasteiger partial charge on any atom is -0.478 e. The first kappa shape index (κ1) is 14.4. The van der Waals surface area contributed by atoms with Gasteiger partial charge in [-0.2, -0.15) is 0 Å². The van der Waals surface area contributed by atoms with Gasteiger partial charge in [0.25, 0.3) is 0 Å². The summed E-state index contributed by atoms with van der Waals surface area (Å²) in [5, 5.41) is 11.8. The molecule has 1 unspecified atom stereocenters. The van der Waals surface area contributed by atoms with E-state index in [0.29, 0.717) is 12.3 Å². The first-order valence-corrected chi connectivity index (χ1v) is 5.86. The Balaban J connectivity index is 2.79. The van der Waals surface area contributed by atoms with Crippen LogP contribution in [0.1, 0.15) is 30.1 Å². The Morgan fingerprint density at radius 1 is 1.56 bits per heavy atom. The van der Waals surface area contributed by atoms with Crippen molar-refractivity contribution < 1.29 is 19.0 Å². The van der Waals surface area contributed by atoms with E-state index in [1.165, 1.54) is 12.1 Å². The third kappa shape index (κ3) is 4.00. The van der Waals surface area contributed by atoms with Crippen LogP contribution in [0.25, 0.3) is 0 Å². The summed E-state index contributed by atoms with van der Waals surface area (Å²) >= 11 is 0. The molecule has 4 nitrogen and oxygen atoms in total. The van der Waals surface area contributed by atoms with Crippen molar-refractivity contribution in [2.45, 2.75) is 25.8 Å². The van der Waals surface area contributed by atoms with E-state index in [-0.39, 0.29) is 11.6 Å². The highest BCUT2D eigenvalue weighted by atomic mass is 19.1. The molecule has 2 N–H and O–H groups in total. The van der Waals surface area contributed by atoms with Crippen LogP contribution >= 0.6 is 0 Å². The molecule has 0 aromatic heterocycles. The zero-order valence-electron chi connectivity index (χ0n) is 10.6. The normalized spacial score (nSPS) is 12.2. The SMILES string of the molecule is CCCC(COC)Nc1ccc(C(=O)O)cc1F. The lowest BCUT2D eigenvalue weighted by Gasteiger charge is -2.19. The Labute approximate surface area is 106 Å². The zero-order valence-corrected chi connectivity index (χ0v) is 10.6. The van der Waals surface area contributed by atoms with Gasteiger partial charge in [-0.05, 0) is 24.6 Å². The van der Waals surface area contributed by atoms with Gasteiger partial charge in [-0.25, -0.2) is 9.18 Å². The van der Waals surface area contributed by atoms with Gasteiger partial charge >= 0.3 is 5.97 Å². The van der Waals surface area contributed by atoms with Gasteiger partial charge in [0.1, 0.15) is 5.82 Å². The van der Waals surface area contributed by atoms with Gasteiger partial charge in [0, 0.05) is 13.2 Å². The molecular weight excluding hydrogens is 237 g/mol. The number of carboxylic acid groups (broad SMARTS) is 1. The highest BCUT2D eigenvalue weighted by Gasteiger charge is 2.12. The Hall–Kier alpha value is -1.62. The van der Waals surface area contributed by atoms with Gasteiger partial charge in [-0.1, -0.05) is 13.3 Å². The number of halogens is 1. The average Bonchev–Trinajstić information content (AvgIpc) is 2.32. The van der Waals surface area contributed by atoms with Gasteiger partial charge in [0.15, 0.2) is 0 Å². The van der Waals surface area contributed by atoms with Crippen LogP contribution in [-0.4, -0.2) is 30.8 Å². The molecule has 0 saturated heterocycles. The van der Waals surface area contributed by atoms with Crippen LogP contribution < -0.4 is 5.32 Å². The lowest BCUT2D eigenvalue weighted by molar-refractivity contribution is 0.0696. The minimum absolute atomic E-state index is 0.0187. The molecule has 0 aliphatic carbocycles. The quantitative estimate of drug-likeness (QED) is 0.786. The number of anilines is 1. The summed E-state index contributed by atoms with van der Waals surface area (Å²) < 4.78 is 18.7. The first-order chi connectivity index (χ1) is 8.58. The summed E-state index contributed by atoms with van der Waals surface area (Å²) in [7, 11) is 1.59. The fourth-order valence-corrected chi connectivity index (χ4v) is 1.73. The molecule has 1 atom stereocenters. The number of methoxy groups -OCH3 is 1. The summed E-state index contributed by atoms with van der Waals surface area (Å²) in [6.45, 7) is 2.52. The third-order valence-corrected chi connectivity index (χ3v) is 2.58. The fraction of sp³-hybridized carbons (Fsp3) is 0.462. The number of hydrogen-bond acceptors (Lipinski definition) is 3. The van der Waals surface area contributed by atoms with Crippen molar-refractivity contribution in [2.75, 3.05) is 19.0 Å². The van der Waals surface area contributed by atoms with Crippen LogP contribution in [0.15, 0.2) is 18.2 Å². The molecule has 0 bridgehead atoms. The molecule has 18 heavy (non-hydrogen) atoms. The molecule has 0 amide bonds. The van der Waals surface area contributed by atoms with Crippen LogP contribution in [-0.2, 0) is 4.74 Å². The summed E-state index contributed by atoms with van der Waals surface area (Å²) in [5.74, 6) is -1.70. The fourth-order valence-electron chi connectivity index (χ4n) is 1.73. The number of rotatable bonds is 7. The topological polar surface area (TPSA) is 58.6 Å². The molecule has 100 valence electrons. The maximum absolute atomic E-state index is 13.7. The monoisotopic (exact) mass is 255 g/mol. The van der Waals surface area contributed by atoms with Crippen molar-refractivity contribution >= 4 is 11.7 Å². The van der Waals surface area contributed by atoms with Crippen molar-refractivity contribution in [3.8, 4) is 0 Å². The number of carbonyl (C=O) groups is 1. The summed E-state index contributed by atoms with van der Waals surface area (Å²) in [4.78, 5) is 10.7. The first-order valence-electron chi connectivity index (χ1n) is 5.86. The molecule has 0 saturated carbocycles. The predicted molar refractivity (Wildman–Crippen MR) is 67.6 cm³/mol. The number of nitrogens with one attached hydrogen (secondary N) is 1. The lowest BCUT2D eigenvalue weighted by atomic mass is 10.1. The maximum atomic E-state index is 13.7. The number of benzene rings is 1. The molecule has 5 heteroatoms. The molecule has 0 radical (unpaired) electrons. The Morgan fingerprint density at radius 2 is 2.28 bits per heavy atom. The molecule has 1 aromatic carbocycles. The molecule has 0 aliphatic rings. The van der Waals surface area contributed by atoms with E-state index >= 15 is 0 Å². The van der Waals surface area contributed by atoms with Crippen molar-refractivity contribution in [3.63, 3.8) is 0 Å². The molecule has 1 aromatic rings. The smallest absolute Gasteiger partial charge is 0.335 e. The van der Waals surface area contributed by atoms with E-state index in [1.54, 1.807) is 7.11 Å². The van der Waals surface area contributed by atoms with Crippen LogP contribution in [0.4, 0.5) is 10.1 Å². The highest BCUT2D eigenvalue weighted by Crippen LogP contribution is 2.18. The van der Waals surface area contributed by atoms with E-state index in [2.05, 4.69) is 5.32 Å². The second-order valence-corrected chi connectivity index (χ2v) is 4.09. The predicted octanol–water partition coefficient (Wildman–Crippen LogP) is 2.75. The van der Waals surface area contributed by atoms with E-state index in [9.17, 15) is 9.18 Å². The van der Waals surface area contributed by atoms with Gasteiger partial charge in [-0.15, -0.1) is 0 Å². The number of carboxylic acids is 1. The minimum atomic E-state index is -1.14. The largest absolute Gasteiger partial charge is 0.478 e. The Bertz CT molecular complexity index is 403. The van der Waals surface area contributed by atoms with Crippen LogP contribution in [0.5, 0.6) is 0 Å². The average molecular weight is 255 g/mol. The van der Waals surface area contributed by atoms with E-state index in [0.717, 1.165) is 18.9 Å². The maximum Gasteiger partial charge on any atom is 0.335 e.